The Morgan fingerprint density at radius 2 is 1.82 bits per heavy atom. The number of rotatable bonds is 10. The van der Waals surface area contributed by atoms with Crippen molar-refractivity contribution in [2.45, 2.75) is 69.1 Å². The molecule has 3 unspecified atom stereocenters. The van der Waals surface area contributed by atoms with Crippen LogP contribution in [0.1, 0.15) is 61.6 Å². The molecule has 1 aliphatic heterocycles. The van der Waals surface area contributed by atoms with Gasteiger partial charge in [0.15, 0.2) is 0 Å². The second-order valence-electron chi connectivity index (χ2n) is 10.3. The van der Waals surface area contributed by atoms with Crippen molar-refractivity contribution in [1.29, 1.82) is 0 Å². The van der Waals surface area contributed by atoms with Gasteiger partial charge >= 0.3 is 0 Å². The molecule has 34 heavy (non-hydrogen) atoms. The van der Waals surface area contributed by atoms with E-state index >= 15 is 0 Å². The van der Waals surface area contributed by atoms with Gasteiger partial charge in [0, 0.05) is 18.5 Å². The third-order valence-corrected chi connectivity index (χ3v) is 10.0. The molecule has 6 heteroatoms. The van der Waals surface area contributed by atoms with Crippen LogP contribution in [0.15, 0.2) is 48.5 Å². The first kappa shape index (κ1) is 23.8. The van der Waals surface area contributed by atoms with E-state index in [2.05, 4.69) is 58.2 Å². The fourth-order valence-corrected chi connectivity index (χ4v) is 7.28. The topological polar surface area (TPSA) is 58.6 Å². The van der Waals surface area contributed by atoms with E-state index in [1.54, 1.807) is 0 Å². The van der Waals surface area contributed by atoms with Crippen LogP contribution in [0.4, 0.5) is 0 Å². The molecule has 0 bridgehead atoms. The maximum absolute atomic E-state index is 12.4. The van der Waals surface area contributed by atoms with Crippen LogP contribution >= 0.6 is 0 Å². The van der Waals surface area contributed by atoms with Crippen molar-refractivity contribution in [3.05, 3.63) is 65.2 Å². The molecule has 0 spiro atoms. The molecule has 1 heterocycles. The number of hydrogen-bond donors (Lipinski definition) is 1. The highest BCUT2D eigenvalue weighted by Gasteiger charge is 2.37. The first-order valence-electron chi connectivity index (χ1n) is 13.0. The van der Waals surface area contributed by atoms with E-state index in [4.69, 9.17) is 4.74 Å². The number of nitrogens with zero attached hydrogens (tertiary/aromatic N) is 1. The third kappa shape index (κ3) is 5.50. The highest BCUT2D eigenvalue weighted by atomic mass is 32.2. The molecule has 2 fully saturated rings. The molecular formula is C28H38N2O3S. The lowest BCUT2D eigenvalue weighted by atomic mass is 9.75. The molecule has 5 nitrogen and oxygen atoms in total. The summed E-state index contributed by atoms with van der Waals surface area (Å²) in [6, 6.07) is 17.9. The zero-order valence-corrected chi connectivity index (χ0v) is 21.1. The Hall–Kier alpha value is -1.89. The number of ether oxygens (including phenoxy) is 1. The number of hydrogen-bond acceptors (Lipinski definition) is 4. The lowest BCUT2D eigenvalue weighted by Crippen LogP contribution is -2.41. The number of fused-ring (bicyclic) bond motifs is 1. The van der Waals surface area contributed by atoms with Gasteiger partial charge in [-0.2, -0.15) is 0 Å². The standard InChI is InChI=1S/C28H38N2O3S/c1-21(23-9-10-23)34(31,32)29-15-18-33-25-13-11-24-12-14-28(30-16-5-6-17-30)27(26(24)20-25)19-22-7-3-2-4-8-22/h2-4,7-8,11,13,20-21,23,27-29H,5-6,9-10,12,14-19H2,1H3. The second-order valence-corrected chi connectivity index (χ2v) is 12.5. The van der Waals surface area contributed by atoms with Gasteiger partial charge in [0.05, 0.1) is 5.25 Å². The molecule has 0 amide bonds. The van der Waals surface area contributed by atoms with Crippen molar-refractivity contribution in [2.75, 3.05) is 26.2 Å². The van der Waals surface area contributed by atoms with Crippen LogP contribution in [-0.2, 0) is 22.9 Å². The second kappa shape index (κ2) is 10.4. The van der Waals surface area contributed by atoms with Crippen molar-refractivity contribution < 1.29 is 13.2 Å². The lowest BCUT2D eigenvalue weighted by molar-refractivity contribution is 0.188. The average Bonchev–Trinajstić information content (AvgIpc) is 3.56. The number of sulfonamides is 1. The molecule has 2 aromatic rings. The van der Waals surface area contributed by atoms with E-state index in [0.29, 0.717) is 31.0 Å². The molecule has 3 aliphatic rings. The zero-order valence-electron chi connectivity index (χ0n) is 20.3. The zero-order chi connectivity index (χ0) is 23.5. The van der Waals surface area contributed by atoms with Crippen molar-refractivity contribution >= 4 is 10.0 Å². The normalized spacial score (nSPS) is 24.0. The molecular weight excluding hydrogens is 444 g/mol. The molecule has 3 atom stereocenters. The van der Waals surface area contributed by atoms with Crippen LogP contribution in [-0.4, -0.2) is 50.9 Å². The van der Waals surface area contributed by atoms with Crippen molar-refractivity contribution in [3.8, 4) is 5.75 Å². The van der Waals surface area contributed by atoms with Gasteiger partial charge in [-0.1, -0.05) is 36.4 Å². The van der Waals surface area contributed by atoms with E-state index in [-0.39, 0.29) is 5.25 Å². The number of likely N-dealkylation sites (tertiary alicyclic amines) is 1. The molecule has 5 rings (SSSR count). The van der Waals surface area contributed by atoms with Crippen LogP contribution < -0.4 is 9.46 Å². The van der Waals surface area contributed by atoms with Gasteiger partial charge in [-0.15, -0.1) is 0 Å². The Bertz CT molecular complexity index is 1060. The summed E-state index contributed by atoms with van der Waals surface area (Å²) in [6.07, 6.45) is 8.02. The third-order valence-electron chi connectivity index (χ3n) is 8.05. The summed E-state index contributed by atoms with van der Waals surface area (Å²) in [5, 5.41) is -0.308. The fraction of sp³-hybridized carbons (Fsp3) is 0.571. The first-order chi connectivity index (χ1) is 16.5. The molecule has 2 aliphatic carbocycles. The average molecular weight is 483 g/mol. The number of aryl methyl sites for hydroxylation is 1. The number of benzene rings is 2. The van der Waals surface area contributed by atoms with Crippen molar-refractivity contribution in [3.63, 3.8) is 0 Å². The van der Waals surface area contributed by atoms with Crippen LogP contribution in [0.3, 0.4) is 0 Å². The summed E-state index contributed by atoms with van der Waals surface area (Å²) in [4.78, 5) is 2.71. The summed E-state index contributed by atoms with van der Waals surface area (Å²) in [7, 11) is -3.26. The minimum atomic E-state index is -3.26. The molecule has 0 aromatic heterocycles. The molecule has 184 valence electrons. The predicted octanol–water partition coefficient (Wildman–Crippen LogP) is 4.52. The molecule has 2 aromatic carbocycles. The van der Waals surface area contributed by atoms with Crippen LogP contribution in [0, 0.1) is 5.92 Å². The summed E-state index contributed by atoms with van der Waals surface area (Å²) >= 11 is 0. The van der Waals surface area contributed by atoms with E-state index < -0.39 is 10.0 Å². The Labute approximate surface area is 204 Å². The Kier molecular flexibility index (Phi) is 7.28. The maximum Gasteiger partial charge on any atom is 0.214 e. The highest BCUT2D eigenvalue weighted by Crippen LogP contribution is 2.40. The smallest absolute Gasteiger partial charge is 0.214 e. The van der Waals surface area contributed by atoms with E-state index in [1.807, 2.05) is 6.92 Å². The molecule has 0 radical (unpaired) electrons. The van der Waals surface area contributed by atoms with Crippen LogP contribution in [0.2, 0.25) is 0 Å². The van der Waals surface area contributed by atoms with Gasteiger partial charge < -0.3 is 4.74 Å². The Balaban J connectivity index is 1.28. The van der Waals surface area contributed by atoms with Gasteiger partial charge in [-0.05, 0) is 99.7 Å². The number of nitrogens with one attached hydrogen (secondary N) is 1. The quantitative estimate of drug-likeness (QED) is 0.506. The lowest BCUT2D eigenvalue weighted by Gasteiger charge is -2.39. The summed E-state index contributed by atoms with van der Waals surface area (Å²) < 4.78 is 33.6. The minimum absolute atomic E-state index is 0.306. The van der Waals surface area contributed by atoms with Gasteiger partial charge in [-0.25, -0.2) is 13.1 Å². The maximum atomic E-state index is 12.4. The first-order valence-corrected chi connectivity index (χ1v) is 14.6. The fourth-order valence-electron chi connectivity index (χ4n) is 5.88. The van der Waals surface area contributed by atoms with Gasteiger partial charge in [0.2, 0.25) is 10.0 Å². The van der Waals surface area contributed by atoms with E-state index in [1.165, 1.54) is 49.0 Å². The van der Waals surface area contributed by atoms with Crippen LogP contribution in [0.25, 0.3) is 0 Å². The van der Waals surface area contributed by atoms with E-state index in [9.17, 15) is 8.42 Å². The molecule has 1 saturated heterocycles. The molecule has 1 saturated carbocycles. The summed E-state index contributed by atoms with van der Waals surface area (Å²) in [5.41, 5.74) is 4.23. The van der Waals surface area contributed by atoms with Crippen molar-refractivity contribution in [1.82, 2.24) is 9.62 Å². The predicted molar refractivity (Wildman–Crippen MR) is 137 cm³/mol. The summed E-state index contributed by atoms with van der Waals surface area (Å²) in [5.74, 6) is 1.61. The van der Waals surface area contributed by atoms with Gasteiger partial charge in [-0.3, -0.25) is 4.90 Å². The van der Waals surface area contributed by atoms with Gasteiger partial charge in [0.1, 0.15) is 12.4 Å². The minimum Gasteiger partial charge on any atom is -0.492 e. The van der Waals surface area contributed by atoms with Crippen LogP contribution in [0.5, 0.6) is 5.75 Å². The monoisotopic (exact) mass is 482 g/mol. The summed E-state index contributed by atoms with van der Waals surface area (Å²) in [6.45, 7) is 4.88. The van der Waals surface area contributed by atoms with Crippen molar-refractivity contribution in [2.24, 2.45) is 5.92 Å². The Morgan fingerprint density at radius 1 is 1.06 bits per heavy atom. The SMILES string of the molecule is CC(C1CC1)S(=O)(=O)NCCOc1ccc2c(c1)C(Cc1ccccc1)C(N1CCCC1)CC2. The van der Waals surface area contributed by atoms with Gasteiger partial charge in [0.25, 0.3) is 0 Å². The largest absolute Gasteiger partial charge is 0.492 e. The highest BCUT2D eigenvalue weighted by molar-refractivity contribution is 7.90. The van der Waals surface area contributed by atoms with E-state index in [0.717, 1.165) is 31.4 Å². The Morgan fingerprint density at radius 3 is 2.56 bits per heavy atom. The molecule has 1 N–H and O–H groups in total.